The lowest BCUT2D eigenvalue weighted by Crippen LogP contribution is -2.10. The van der Waals surface area contributed by atoms with E-state index in [-0.39, 0.29) is 5.41 Å². The second-order valence-corrected chi connectivity index (χ2v) is 9.99. The summed E-state index contributed by atoms with van der Waals surface area (Å²) in [7, 11) is 0. The highest BCUT2D eigenvalue weighted by atomic mass is 32.2. The molecule has 1 fully saturated rings. The smallest absolute Gasteiger partial charge is 0.192 e. The minimum absolute atomic E-state index is 0.117. The Balaban J connectivity index is 1.68. The summed E-state index contributed by atoms with van der Waals surface area (Å²) in [5, 5.41) is 10.3. The average Bonchev–Trinajstić information content (AvgIpc) is 3.29. The van der Waals surface area contributed by atoms with Crippen molar-refractivity contribution < 1.29 is 4.79 Å². The molecule has 0 aliphatic heterocycles. The molecule has 4 nitrogen and oxygen atoms in total. The minimum atomic E-state index is 0.117. The van der Waals surface area contributed by atoms with Gasteiger partial charge in [-0.3, -0.25) is 9.36 Å². The Morgan fingerprint density at radius 2 is 1.76 bits per heavy atom. The van der Waals surface area contributed by atoms with Crippen LogP contribution in [0.25, 0.3) is 11.4 Å². The highest BCUT2D eigenvalue weighted by molar-refractivity contribution is 7.99. The second kappa shape index (κ2) is 8.15. The molecule has 0 amide bonds. The van der Waals surface area contributed by atoms with Crippen LogP contribution in [0.3, 0.4) is 0 Å². The van der Waals surface area contributed by atoms with E-state index in [1.807, 2.05) is 6.07 Å². The maximum atomic E-state index is 11.7. The summed E-state index contributed by atoms with van der Waals surface area (Å²) in [5.41, 5.74) is 3.70. The van der Waals surface area contributed by atoms with Gasteiger partial charge in [-0.1, -0.05) is 87.1 Å². The molecule has 0 spiro atoms. The topological polar surface area (TPSA) is 47.8 Å². The molecular formula is C24H27N3OS. The van der Waals surface area contributed by atoms with Gasteiger partial charge in [0.25, 0.3) is 0 Å². The Morgan fingerprint density at radius 3 is 2.38 bits per heavy atom. The summed E-state index contributed by atoms with van der Waals surface area (Å²) in [5.74, 6) is 1.23. The number of ketones is 1. The van der Waals surface area contributed by atoms with Crippen molar-refractivity contribution in [2.24, 2.45) is 0 Å². The normalized spacial score (nSPS) is 17.1. The molecule has 1 saturated carbocycles. The lowest BCUT2D eigenvalue weighted by molar-refractivity contribution is -0.117. The van der Waals surface area contributed by atoms with Gasteiger partial charge in [-0.25, -0.2) is 0 Å². The summed E-state index contributed by atoms with van der Waals surface area (Å²) < 4.78 is 2.19. The van der Waals surface area contributed by atoms with E-state index in [0.717, 1.165) is 23.0 Å². The average molecular weight is 406 g/mol. The quantitative estimate of drug-likeness (QED) is 0.562. The molecule has 2 aromatic carbocycles. The van der Waals surface area contributed by atoms with E-state index in [0.29, 0.717) is 30.4 Å². The molecule has 29 heavy (non-hydrogen) atoms. The molecule has 4 rings (SSSR count). The first-order chi connectivity index (χ1) is 13.9. The number of rotatable bonds is 5. The van der Waals surface area contributed by atoms with Crippen LogP contribution < -0.4 is 0 Å². The van der Waals surface area contributed by atoms with Crippen molar-refractivity contribution >= 4 is 17.5 Å². The molecule has 0 radical (unpaired) electrons. The van der Waals surface area contributed by atoms with E-state index in [1.54, 1.807) is 11.8 Å². The lowest BCUT2D eigenvalue weighted by atomic mass is 9.87. The van der Waals surface area contributed by atoms with Crippen LogP contribution in [0.2, 0.25) is 0 Å². The number of hydrogen-bond donors (Lipinski definition) is 0. The SMILES string of the molecule is CC(C)(C)c1ccc(-c2nnc(SC3CCC(=O)C3)n2Cc2ccccc2)cc1. The molecule has 0 N–H and O–H groups in total. The van der Waals surface area contributed by atoms with Gasteiger partial charge in [0.2, 0.25) is 0 Å². The number of Topliss-reactive ketones (excluding diaryl/α,β-unsaturated/α-hetero) is 1. The number of thioether (sulfide) groups is 1. The standard InChI is InChI=1S/C24H27N3OS/c1-24(2,3)19-11-9-18(10-12-19)22-25-26-23(29-21-14-13-20(28)15-21)27(22)16-17-7-5-4-6-8-17/h4-12,21H,13-16H2,1-3H3. The van der Waals surface area contributed by atoms with Gasteiger partial charge in [0.1, 0.15) is 5.78 Å². The summed E-state index contributed by atoms with van der Waals surface area (Å²) >= 11 is 1.69. The van der Waals surface area contributed by atoms with Gasteiger partial charge in [0, 0.05) is 23.7 Å². The van der Waals surface area contributed by atoms with Crippen molar-refractivity contribution in [3.63, 3.8) is 0 Å². The predicted molar refractivity (Wildman–Crippen MR) is 118 cm³/mol. The second-order valence-electron chi connectivity index (χ2n) is 8.73. The lowest BCUT2D eigenvalue weighted by Gasteiger charge is -2.19. The van der Waals surface area contributed by atoms with Crippen molar-refractivity contribution in [3.8, 4) is 11.4 Å². The summed E-state index contributed by atoms with van der Waals surface area (Å²) in [4.78, 5) is 11.7. The minimum Gasteiger partial charge on any atom is -0.300 e. The Hall–Kier alpha value is -2.40. The summed E-state index contributed by atoms with van der Waals surface area (Å²) in [6, 6.07) is 19.0. The molecule has 1 aromatic heterocycles. The molecule has 150 valence electrons. The van der Waals surface area contributed by atoms with Crippen molar-refractivity contribution in [2.75, 3.05) is 0 Å². The number of hydrogen-bond acceptors (Lipinski definition) is 4. The monoisotopic (exact) mass is 405 g/mol. The maximum Gasteiger partial charge on any atom is 0.192 e. The van der Waals surface area contributed by atoms with Crippen LogP contribution in [0.5, 0.6) is 0 Å². The Labute approximate surface area is 176 Å². The molecule has 3 aromatic rings. The predicted octanol–water partition coefficient (Wildman–Crippen LogP) is 5.50. The van der Waals surface area contributed by atoms with Crippen LogP contribution in [0.15, 0.2) is 59.8 Å². The fourth-order valence-electron chi connectivity index (χ4n) is 3.65. The molecule has 1 atom stereocenters. The third-order valence-electron chi connectivity index (χ3n) is 5.38. The van der Waals surface area contributed by atoms with Gasteiger partial charge in [-0.15, -0.1) is 10.2 Å². The molecule has 1 aliphatic carbocycles. The first-order valence-corrected chi connectivity index (χ1v) is 11.0. The van der Waals surface area contributed by atoms with Gasteiger partial charge in [-0.2, -0.15) is 0 Å². The zero-order valence-electron chi connectivity index (χ0n) is 17.3. The molecule has 1 unspecified atom stereocenters. The maximum absolute atomic E-state index is 11.7. The van der Waals surface area contributed by atoms with E-state index in [9.17, 15) is 4.79 Å². The fourth-order valence-corrected chi connectivity index (χ4v) is 4.82. The van der Waals surface area contributed by atoms with Crippen molar-refractivity contribution in [3.05, 3.63) is 65.7 Å². The van der Waals surface area contributed by atoms with Crippen LogP contribution in [0, 0.1) is 0 Å². The molecule has 1 aliphatic rings. The number of aromatic nitrogens is 3. The highest BCUT2D eigenvalue weighted by Crippen LogP contribution is 2.34. The van der Waals surface area contributed by atoms with Crippen LogP contribution in [-0.2, 0) is 16.8 Å². The van der Waals surface area contributed by atoms with Gasteiger partial charge in [0.15, 0.2) is 11.0 Å². The Kier molecular flexibility index (Phi) is 5.59. The van der Waals surface area contributed by atoms with Crippen LogP contribution in [0.4, 0.5) is 0 Å². The van der Waals surface area contributed by atoms with Crippen LogP contribution in [0.1, 0.15) is 51.2 Å². The molecule has 5 heteroatoms. The summed E-state index contributed by atoms with van der Waals surface area (Å²) in [6.07, 6.45) is 2.25. The van der Waals surface area contributed by atoms with E-state index in [1.165, 1.54) is 11.1 Å². The van der Waals surface area contributed by atoms with Gasteiger partial charge >= 0.3 is 0 Å². The molecule has 0 bridgehead atoms. The zero-order chi connectivity index (χ0) is 20.4. The largest absolute Gasteiger partial charge is 0.300 e. The van der Waals surface area contributed by atoms with E-state index < -0.39 is 0 Å². The van der Waals surface area contributed by atoms with Gasteiger partial charge < -0.3 is 0 Å². The van der Waals surface area contributed by atoms with Crippen molar-refractivity contribution in [2.45, 2.75) is 62.4 Å². The molecule has 1 heterocycles. The number of carbonyl (C=O) groups excluding carboxylic acids is 1. The first kappa shape index (κ1) is 19.9. The van der Waals surface area contributed by atoms with Crippen LogP contribution >= 0.6 is 11.8 Å². The summed E-state index contributed by atoms with van der Waals surface area (Å²) in [6.45, 7) is 7.37. The Bertz CT molecular complexity index is 987. The number of nitrogens with zero attached hydrogens (tertiary/aromatic N) is 3. The van der Waals surface area contributed by atoms with Crippen LogP contribution in [-0.4, -0.2) is 25.8 Å². The molecular weight excluding hydrogens is 378 g/mol. The first-order valence-electron chi connectivity index (χ1n) is 10.2. The third-order valence-corrected chi connectivity index (χ3v) is 6.63. The van der Waals surface area contributed by atoms with Gasteiger partial charge in [-0.05, 0) is 23.0 Å². The van der Waals surface area contributed by atoms with E-state index in [2.05, 4.69) is 84.1 Å². The number of carbonyl (C=O) groups is 1. The number of benzene rings is 2. The molecule has 0 saturated heterocycles. The van der Waals surface area contributed by atoms with Gasteiger partial charge in [0.05, 0.1) is 6.54 Å². The third kappa shape index (κ3) is 4.61. The highest BCUT2D eigenvalue weighted by Gasteiger charge is 2.26. The van der Waals surface area contributed by atoms with E-state index in [4.69, 9.17) is 0 Å². The fraction of sp³-hybridized carbons (Fsp3) is 0.375. The Morgan fingerprint density at radius 1 is 1.03 bits per heavy atom. The van der Waals surface area contributed by atoms with Crippen molar-refractivity contribution in [1.29, 1.82) is 0 Å². The zero-order valence-corrected chi connectivity index (χ0v) is 18.1. The van der Waals surface area contributed by atoms with E-state index >= 15 is 0 Å². The van der Waals surface area contributed by atoms with Crippen molar-refractivity contribution in [1.82, 2.24) is 14.8 Å².